The molecule has 2 bridgehead atoms. The van der Waals surface area contributed by atoms with Crippen LogP contribution in [-0.4, -0.2) is 250 Å². The number of hydrogen-bond acceptors (Lipinski definition) is 26. The van der Waals surface area contributed by atoms with Crippen LogP contribution in [0.25, 0.3) is 0 Å². The van der Waals surface area contributed by atoms with Crippen LogP contribution in [0.4, 0.5) is 4.79 Å². The van der Waals surface area contributed by atoms with Gasteiger partial charge in [0.15, 0.2) is 18.4 Å². The summed E-state index contributed by atoms with van der Waals surface area (Å²) < 4.78 is 61.9. The highest BCUT2D eigenvalue weighted by atomic mass is 16.8. The highest BCUT2D eigenvalue weighted by Gasteiger charge is 2.54. The lowest BCUT2D eigenvalue weighted by atomic mass is 9.78. The minimum absolute atomic E-state index is 0.00944. The number of rotatable bonds is 14. The monoisotopic (exact) mass is 1310 g/mol. The molecule has 0 aromatic rings. The number of carbonyl (C=O) groups excluding carboxylic acids is 6. The maximum atomic E-state index is 14.7. The molecule has 1 saturated carbocycles. The lowest BCUT2D eigenvalue weighted by molar-refractivity contribution is -0.378. The van der Waals surface area contributed by atoms with Gasteiger partial charge in [-0.15, -0.1) is 0 Å². The lowest BCUT2D eigenvalue weighted by Crippen LogP contribution is -2.64. The Morgan fingerprint density at radius 2 is 1.48 bits per heavy atom. The molecule has 9 N–H and O–H groups in total. The lowest BCUT2D eigenvalue weighted by Gasteiger charge is -2.44. The zero-order chi connectivity index (χ0) is 67.9. The fourth-order valence-electron chi connectivity index (χ4n) is 13.1. The molecule has 0 aromatic heterocycles. The largest absolute Gasteiger partial charge is 0.510 e. The molecular weight excluding hydrogens is 1210 g/mol. The molecule has 1 aliphatic carbocycles. The van der Waals surface area contributed by atoms with E-state index in [1.165, 1.54) is 14.2 Å². The summed E-state index contributed by atoms with van der Waals surface area (Å²) in [5.74, 6) is -9.04. The summed E-state index contributed by atoms with van der Waals surface area (Å²) in [6.07, 6.45) is -10.6. The van der Waals surface area contributed by atoms with Crippen LogP contribution in [0.2, 0.25) is 0 Å². The van der Waals surface area contributed by atoms with Crippen LogP contribution in [0.5, 0.6) is 0 Å². The first-order valence-electron chi connectivity index (χ1n) is 32.2. The van der Waals surface area contributed by atoms with Gasteiger partial charge in [0.25, 0.3) is 11.7 Å². The third-order valence-electron chi connectivity index (χ3n) is 19.0. The van der Waals surface area contributed by atoms with Crippen molar-refractivity contribution in [2.75, 3.05) is 47.7 Å². The van der Waals surface area contributed by atoms with E-state index in [2.05, 4.69) is 0 Å². The summed E-state index contributed by atoms with van der Waals surface area (Å²) >= 11 is 0. The molecule has 0 radical (unpaired) electrons. The van der Waals surface area contributed by atoms with Crippen molar-refractivity contribution in [2.45, 2.75) is 242 Å². The number of methoxy groups -OCH3 is 3. The minimum atomic E-state index is -2.51. The van der Waals surface area contributed by atoms with Gasteiger partial charge in [-0.3, -0.25) is 19.2 Å². The second kappa shape index (κ2) is 35.5. The number of ether oxygens (including phenoxy) is 11. The predicted octanol–water partition coefficient (Wildman–Crippen LogP) is 1.94. The average molecular weight is 1310 g/mol. The van der Waals surface area contributed by atoms with Crippen LogP contribution in [0.15, 0.2) is 47.6 Å². The van der Waals surface area contributed by atoms with Gasteiger partial charge in [0.1, 0.15) is 79.5 Å². The number of cyclic esters (lactones) is 1. The first kappa shape index (κ1) is 76.5. The van der Waals surface area contributed by atoms with E-state index in [0.29, 0.717) is 63.4 Å². The zero-order valence-corrected chi connectivity index (χ0v) is 54.5. The van der Waals surface area contributed by atoms with Gasteiger partial charge in [0.2, 0.25) is 12.1 Å². The fraction of sp³-hybridized carbons (Fsp3) is 0.785. The van der Waals surface area contributed by atoms with Gasteiger partial charge in [0.05, 0.1) is 37.6 Å². The number of allylic oxidation sites excluding steroid dienone is 6. The summed E-state index contributed by atoms with van der Waals surface area (Å²) in [6, 6.07) is -1.25. The highest BCUT2D eigenvalue weighted by molar-refractivity contribution is 6.39. The summed E-state index contributed by atoms with van der Waals surface area (Å²) in [5.41, 5.74) is 1.16. The number of aliphatic hydroxyl groups is 9. The van der Waals surface area contributed by atoms with Gasteiger partial charge in [-0.1, -0.05) is 71.1 Å². The molecule has 4 unspecified atom stereocenters. The van der Waals surface area contributed by atoms with Crippen LogP contribution in [0.3, 0.4) is 0 Å². The van der Waals surface area contributed by atoms with E-state index in [1.807, 2.05) is 51.2 Å². The number of piperidine rings is 1. The molecule has 522 valence electrons. The maximum absolute atomic E-state index is 14.7. The van der Waals surface area contributed by atoms with Gasteiger partial charge >= 0.3 is 12.1 Å². The maximum Gasteiger partial charge on any atom is 0.510 e. The number of amides is 1. The van der Waals surface area contributed by atoms with Crippen molar-refractivity contribution in [3.63, 3.8) is 0 Å². The highest BCUT2D eigenvalue weighted by Crippen LogP contribution is 2.39. The SMILES string of the molecule is CO[C@H]1C[C@@H]2CC[C@@H](C)[C@@](O)(O2)C(=O)C(=O)N2CCCCC2C(=O)O[C@H]([C@H](C)CC2CC[C@@H](OCCOC(=O)OC3O[C@H](O)[C@@H](OC4O[C@H](CO)[C@@H](O)[C@H](O)[C@H]4O)[C@H](O)[C@H]3O)[C@H](OC)C2)CC(=O)[C@H](C)/C=C(\C)[C@@H](O)[C@@H](OC)C(=O)[C@H](C)C[C@H](C)/C=C/C=C/C=C/1C. The average Bonchev–Trinajstić information content (AvgIpc) is 0.832. The molecule has 27 nitrogen and oxygen atoms in total. The van der Waals surface area contributed by atoms with Crippen molar-refractivity contribution in [1.29, 1.82) is 0 Å². The van der Waals surface area contributed by atoms with Crippen molar-refractivity contribution in [3.8, 4) is 0 Å². The topological polar surface area (TPSA) is 389 Å². The van der Waals surface area contributed by atoms with Crippen LogP contribution in [0, 0.1) is 35.5 Å². The Morgan fingerprint density at radius 1 is 0.761 bits per heavy atom. The van der Waals surface area contributed by atoms with Gasteiger partial charge in [-0.05, 0) is 107 Å². The number of nitrogens with zero attached hydrogens (tertiary/aromatic N) is 1. The molecule has 5 aliphatic heterocycles. The molecule has 6 aliphatic rings. The number of fused-ring (bicyclic) bond motifs is 3. The van der Waals surface area contributed by atoms with Crippen molar-refractivity contribution in [3.05, 3.63) is 47.6 Å². The Balaban J connectivity index is 1.13. The minimum Gasteiger partial charge on any atom is -0.460 e. The number of esters is 1. The molecule has 1 amide bonds. The molecule has 6 rings (SSSR count). The van der Waals surface area contributed by atoms with Crippen molar-refractivity contribution in [1.82, 2.24) is 4.90 Å². The molecular formula is C65H101NO26. The van der Waals surface area contributed by atoms with E-state index >= 15 is 0 Å². The smallest absolute Gasteiger partial charge is 0.460 e. The van der Waals surface area contributed by atoms with E-state index in [0.717, 1.165) is 10.5 Å². The number of aliphatic hydroxyl groups excluding tert-OH is 8. The van der Waals surface area contributed by atoms with Crippen LogP contribution in [-0.2, 0) is 76.1 Å². The zero-order valence-electron chi connectivity index (χ0n) is 54.5. The van der Waals surface area contributed by atoms with E-state index in [1.54, 1.807) is 40.9 Å². The number of Topliss-reactive ketones (excluding diaryl/α,β-unsaturated/α-hetero) is 3. The Hall–Kier alpha value is -4.50. The summed E-state index contributed by atoms with van der Waals surface area (Å²) in [4.78, 5) is 85.7. The van der Waals surface area contributed by atoms with Gasteiger partial charge in [0, 0.05) is 58.5 Å². The third-order valence-corrected chi connectivity index (χ3v) is 19.0. The van der Waals surface area contributed by atoms with E-state index < -0.39 is 170 Å². The molecule has 92 heavy (non-hydrogen) atoms. The Kier molecular flexibility index (Phi) is 29.5. The van der Waals surface area contributed by atoms with Crippen molar-refractivity contribution < 1.29 is 127 Å². The second-order valence-corrected chi connectivity index (χ2v) is 25.8. The molecule has 4 saturated heterocycles. The van der Waals surface area contributed by atoms with E-state index in [-0.39, 0.29) is 62.4 Å². The molecule has 27 heteroatoms. The van der Waals surface area contributed by atoms with Crippen LogP contribution >= 0.6 is 0 Å². The predicted molar refractivity (Wildman–Crippen MR) is 323 cm³/mol. The number of hydrogen-bond donors (Lipinski definition) is 9. The summed E-state index contributed by atoms with van der Waals surface area (Å²) in [7, 11) is 4.40. The van der Waals surface area contributed by atoms with Crippen molar-refractivity contribution >= 4 is 35.4 Å². The van der Waals surface area contributed by atoms with Crippen LogP contribution < -0.4 is 0 Å². The Labute approximate surface area is 537 Å². The molecule has 0 aromatic carbocycles. The van der Waals surface area contributed by atoms with E-state index in [4.69, 9.17) is 52.1 Å². The fourth-order valence-corrected chi connectivity index (χ4v) is 13.1. The molecule has 25 atom stereocenters. The molecule has 5 fully saturated rings. The normalized spacial score (nSPS) is 42.1. The van der Waals surface area contributed by atoms with Crippen LogP contribution in [0.1, 0.15) is 126 Å². The number of ketones is 3. The first-order valence-corrected chi connectivity index (χ1v) is 32.2. The quantitative estimate of drug-likeness (QED) is 0.0519. The van der Waals surface area contributed by atoms with Gasteiger partial charge in [-0.2, -0.15) is 0 Å². The summed E-state index contributed by atoms with van der Waals surface area (Å²) in [5, 5.41) is 95.8. The van der Waals surface area contributed by atoms with Gasteiger partial charge < -0.3 is 103 Å². The third kappa shape index (κ3) is 19.6. The van der Waals surface area contributed by atoms with Gasteiger partial charge in [-0.25, -0.2) is 9.59 Å². The number of carbonyl (C=O) groups is 6. The first-order chi connectivity index (χ1) is 43.6. The van der Waals surface area contributed by atoms with E-state index in [9.17, 15) is 74.7 Å². The Bertz CT molecular complexity index is 2560. The Morgan fingerprint density at radius 3 is 2.16 bits per heavy atom. The second-order valence-electron chi connectivity index (χ2n) is 25.8. The molecule has 5 heterocycles. The summed E-state index contributed by atoms with van der Waals surface area (Å²) in [6.45, 7) is 11.1. The standard InChI is InChI=1S/C65H101NO26/c1-33-16-12-11-13-17-34(2)45(82-8)30-41-21-19-39(7)65(81,92-41)58(76)59(77)66-23-15-14-18-42(66)60(78)87-46(31-43(68)35(3)27-38(6)50(70)56(84-10)49(69)37(5)26-33)36(4)28-40-20-22-44(47(29-40)83-9)85-24-25-86-64(80)91-63-55(75)53(73)57(61(79)90-63)89-62-54(74)52(72)51(71)48(32-67)88-62/h11-13,16-17,27,33,35-37,39-42,44-48,50-57,61-63,67,70-75,79,81H,14-15,18-26,28-32H2,1-10H3/b13-11+,16-12+,34-17+,38-27+/t33-,35-,36-,37-,39-,40?,41+,42?,44-,45+,46+,47-,48-,50-,51-,52+,53-,54-,55-,56+,57+,61+,62?,63?,65-/m1/s1. The molecule has 0 spiro atoms. The van der Waals surface area contributed by atoms with Crippen molar-refractivity contribution in [2.24, 2.45) is 35.5 Å².